The maximum atomic E-state index is 12.2. The predicted octanol–water partition coefficient (Wildman–Crippen LogP) is 5.78. The van der Waals surface area contributed by atoms with Crippen LogP contribution in [0.4, 0.5) is 0 Å². The first-order chi connectivity index (χ1) is 14.7. The van der Waals surface area contributed by atoms with Gasteiger partial charge in [-0.2, -0.15) is 0 Å². The number of benzene rings is 3. The fourth-order valence-corrected chi connectivity index (χ4v) is 5.81. The Kier molecular flexibility index (Phi) is 5.62. The highest BCUT2D eigenvalue weighted by Gasteiger charge is 2.34. The smallest absolute Gasteiger partial charge is 0.0954 e. The lowest BCUT2D eigenvalue weighted by Gasteiger charge is -2.33. The quantitative estimate of drug-likeness (QED) is 0.568. The molecule has 0 radical (unpaired) electrons. The van der Waals surface area contributed by atoms with Gasteiger partial charge in [-0.1, -0.05) is 72.8 Å². The molecule has 2 aliphatic heterocycles. The topological polar surface area (TPSA) is 23.5 Å². The van der Waals surface area contributed by atoms with Gasteiger partial charge in [-0.05, 0) is 65.8 Å². The molecule has 156 valence electrons. The van der Waals surface area contributed by atoms with E-state index in [0.29, 0.717) is 6.42 Å². The molecule has 2 bridgehead atoms. The van der Waals surface area contributed by atoms with Gasteiger partial charge in [0.2, 0.25) is 0 Å². The number of hydrogen-bond acceptors (Lipinski definition) is 2. The molecule has 3 aliphatic rings. The molecule has 3 fully saturated rings. The van der Waals surface area contributed by atoms with Crippen molar-refractivity contribution in [3.05, 3.63) is 83.9 Å². The summed E-state index contributed by atoms with van der Waals surface area (Å²) >= 11 is 0. The van der Waals surface area contributed by atoms with Gasteiger partial charge in [-0.3, -0.25) is 0 Å². The van der Waals surface area contributed by atoms with Crippen molar-refractivity contribution in [1.29, 1.82) is 0 Å². The Hall–Kier alpha value is -2.16. The van der Waals surface area contributed by atoms with Gasteiger partial charge in [0.25, 0.3) is 0 Å². The molecule has 2 heteroatoms. The summed E-state index contributed by atoms with van der Waals surface area (Å²) in [5.41, 5.74) is 1.40. The molecule has 0 spiro atoms. The molecule has 0 amide bonds. The van der Waals surface area contributed by atoms with E-state index in [1.807, 2.05) is 6.07 Å². The summed E-state index contributed by atoms with van der Waals surface area (Å²) in [5, 5.41) is 14.5. The molecule has 1 aliphatic carbocycles. The molecule has 2 saturated heterocycles. The Morgan fingerprint density at radius 3 is 2.13 bits per heavy atom. The zero-order valence-corrected chi connectivity index (χ0v) is 17.8. The Morgan fingerprint density at radius 1 is 0.767 bits per heavy atom. The zero-order chi connectivity index (χ0) is 20.4. The molecule has 6 rings (SSSR count). The Balaban J connectivity index is 1.45. The minimum atomic E-state index is -0.867. The lowest BCUT2D eigenvalue weighted by molar-refractivity contribution is 0.0177. The second-order valence-electron chi connectivity index (χ2n) is 9.62. The van der Waals surface area contributed by atoms with Crippen LogP contribution in [0.1, 0.15) is 43.2 Å². The summed E-state index contributed by atoms with van der Waals surface area (Å²) in [6.45, 7) is 3.40. The number of fused-ring (bicyclic) bond motifs is 5. The van der Waals surface area contributed by atoms with Crippen molar-refractivity contribution >= 4 is 10.8 Å². The first-order valence-electron chi connectivity index (χ1n) is 11.7. The molecule has 0 aromatic heterocycles. The van der Waals surface area contributed by atoms with Gasteiger partial charge in [0, 0.05) is 26.1 Å². The summed E-state index contributed by atoms with van der Waals surface area (Å²) in [7, 11) is 0. The van der Waals surface area contributed by atoms with Crippen molar-refractivity contribution in [2.45, 2.75) is 44.1 Å². The van der Waals surface area contributed by atoms with Crippen LogP contribution in [0.15, 0.2) is 72.8 Å². The van der Waals surface area contributed by atoms with E-state index in [0.717, 1.165) is 30.4 Å². The van der Waals surface area contributed by atoms with Crippen LogP contribution in [0.2, 0.25) is 0 Å². The third-order valence-corrected chi connectivity index (χ3v) is 7.47. The van der Waals surface area contributed by atoms with Crippen molar-refractivity contribution < 1.29 is 5.11 Å². The average molecular weight is 400 g/mol. The third-order valence-electron chi connectivity index (χ3n) is 7.47. The zero-order valence-electron chi connectivity index (χ0n) is 17.8. The number of hydrogen-bond donors (Lipinski definition) is 1. The maximum absolute atomic E-state index is 12.2. The maximum Gasteiger partial charge on any atom is 0.0954 e. The molecule has 1 atom stereocenters. The van der Waals surface area contributed by atoms with Gasteiger partial charge in [0.05, 0.1) is 5.60 Å². The van der Waals surface area contributed by atoms with Gasteiger partial charge in [0.1, 0.15) is 0 Å². The lowest BCUT2D eigenvalue weighted by Crippen LogP contribution is -2.37. The average Bonchev–Trinajstić information content (AvgIpc) is 3.11. The second-order valence-corrected chi connectivity index (χ2v) is 9.62. The molecule has 3 aromatic carbocycles. The van der Waals surface area contributed by atoms with Gasteiger partial charge < -0.3 is 10.0 Å². The Bertz CT molecular complexity index is 957. The van der Waals surface area contributed by atoms with Crippen LogP contribution < -0.4 is 0 Å². The van der Waals surface area contributed by atoms with Crippen LogP contribution >= 0.6 is 0 Å². The first kappa shape index (κ1) is 19.8. The van der Waals surface area contributed by atoms with Crippen molar-refractivity contribution in [3.8, 4) is 0 Å². The Labute approximate surface area is 180 Å². The van der Waals surface area contributed by atoms with Crippen molar-refractivity contribution in [2.24, 2.45) is 11.8 Å². The molecule has 3 aromatic rings. The standard InChI is InChI=1S/C28H33NO/c30-28(19-22-7-2-1-3-8-22,27-12-6-10-25-9-4-5-11-26(25)27)17-18-29-20-23-13-14-24(21-29)16-15-23/h1-12,23-24,30H,13-21H2. The van der Waals surface area contributed by atoms with Crippen molar-refractivity contribution in [1.82, 2.24) is 4.90 Å². The second kappa shape index (κ2) is 8.53. The predicted molar refractivity (Wildman–Crippen MR) is 124 cm³/mol. The highest BCUT2D eigenvalue weighted by Crippen LogP contribution is 2.37. The highest BCUT2D eigenvalue weighted by molar-refractivity contribution is 5.86. The summed E-state index contributed by atoms with van der Waals surface area (Å²) in [4.78, 5) is 2.65. The number of nitrogens with zero attached hydrogens (tertiary/aromatic N) is 1. The summed E-state index contributed by atoms with van der Waals surface area (Å²) in [6.07, 6.45) is 7.03. The molecule has 1 saturated carbocycles. The van der Waals surface area contributed by atoms with Crippen molar-refractivity contribution in [2.75, 3.05) is 19.6 Å². The molecule has 30 heavy (non-hydrogen) atoms. The minimum absolute atomic E-state index is 0.655. The van der Waals surface area contributed by atoms with E-state index in [4.69, 9.17) is 0 Å². The first-order valence-corrected chi connectivity index (χ1v) is 11.7. The molecule has 1 unspecified atom stereocenters. The van der Waals surface area contributed by atoms with Crippen LogP contribution in [0.25, 0.3) is 10.8 Å². The Morgan fingerprint density at radius 2 is 1.40 bits per heavy atom. The van der Waals surface area contributed by atoms with Crippen LogP contribution in [-0.4, -0.2) is 29.6 Å². The summed E-state index contributed by atoms with van der Waals surface area (Å²) in [5.74, 6) is 1.73. The van der Waals surface area contributed by atoms with Gasteiger partial charge in [0.15, 0.2) is 0 Å². The molecular weight excluding hydrogens is 366 g/mol. The summed E-state index contributed by atoms with van der Waals surface area (Å²) < 4.78 is 0. The monoisotopic (exact) mass is 399 g/mol. The third kappa shape index (κ3) is 4.17. The van der Waals surface area contributed by atoms with Crippen LogP contribution in [0.3, 0.4) is 0 Å². The minimum Gasteiger partial charge on any atom is -0.385 e. The molecular formula is C28H33NO. The fraction of sp³-hybridized carbons (Fsp3) is 0.429. The van der Waals surface area contributed by atoms with Gasteiger partial charge in [-0.25, -0.2) is 0 Å². The highest BCUT2D eigenvalue weighted by atomic mass is 16.3. The van der Waals surface area contributed by atoms with E-state index in [1.165, 1.54) is 55.1 Å². The molecule has 2 nitrogen and oxygen atoms in total. The SMILES string of the molecule is OC(CCN1CC2CCC(CC2)C1)(Cc1ccccc1)c1cccc2ccccc12. The number of aliphatic hydroxyl groups is 1. The van der Waals surface area contributed by atoms with E-state index in [1.54, 1.807) is 0 Å². The van der Waals surface area contributed by atoms with Gasteiger partial charge in [-0.15, -0.1) is 0 Å². The normalized spacial score (nSPS) is 23.9. The van der Waals surface area contributed by atoms with Crippen LogP contribution in [-0.2, 0) is 12.0 Å². The van der Waals surface area contributed by atoms with E-state index in [2.05, 4.69) is 71.6 Å². The van der Waals surface area contributed by atoms with Crippen molar-refractivity contribution in [3.63, 3.8) is 0 Å². The van der Waals surface area contributed by atoms with E-state index >= 15 is 0 Å². The van der Waals surface area contributed by atoms with E-state index in [-0.39, 0.29) is 0 Å². The fourth-order valence-electron chi connectivity index (χ4n) is 5.81. The largest absolute Gasteiger partial charge is 0.385 e. The van der Waals surface area contributed by atoms with Crippen LogP contribution in [0.5, 0.6) is 0 Å². The molecule has 2 heterocycles. The van der Waals surface area contributed by atoms with E-state index in [9.17, 15) is 5.11 Å². The van der Waals surface area contributed by atoms with E-state index < -0.39 is 5.60 Å². The molecule has 1 N–H and O–H groups in total. The summed E-state index contributed by atoms with van der Waals surface area (Å²) in [6, 6.07) is 25.3. The number of rotatable bonds is 6. The van der Waals surface area contributed by atoms with Crippen LogP contribution in [0, 0.1) is 11.8 Å². The van der Waals surface area contributed by atoms with Gasteiger partial charge >= 0.3 is 0 Å². The lowest BCUT2D eigenvalue weighted by atomic mass is 9.81.